The summed E-state index contributed by atoms with van der Waals surface area (Å²) in [4.78, 5) is 23.2. The van der Waals surface area contributed by atoms with E-state index >= 15 is 0 Å². The van der Waals surface area contributed by atoms with Gasteiger partial charge >= 0.3 is 5.97 Å². The van der Waals surface area contributed by atoms with E-state index in [2.05, 4.69) is 39.1 Å². The zero-order valence-electron chi connectivity index (χ0n) is 24.0. The lowest BCUT2D eigenvalue weighted by Gasteiger charge is -2.58. The van der Waals surface area contributed by atoms with Gasteiger partial charge in [-0.05, 0) is 91.9 Å². The summed E-state index contributed by atoms with van der Waals surface area (Å²) in [7, 11) is 0. The molecule has 37 heavy (non-hydrogen) atoms. The maximum absolute atomic E-state index is 11.9. The molecule has 0 aromatic heterocycles. The van der Waals surface area contributed by atoms with E-state index in [1.165, 1.54) is 37.0 Å². The Bertz CT molecular complexity index is 983. The SMILES string of the molecule is CCC(=O)OC1CC[C@@]2(C)C(=CCC3C4CC5OC(CCC(C)CNC(C)=O)=C(C)C5[C@@]4(C)CCC32)C1. The van der Waals surface area contributed by atoms with Crippen LogP contribution in [0.3, 0.4) is 0 Å². The fraction of sp³-hybridized carbons (Fsp3) is 0.812. The van der Waals surface area contributed by atoms with Crippen molar-refractivity contribution < 1.29 is 19.1 Å². The Morgan fingerprint density at radius 2 is 2.00 bits per heavy atom. The van der Waals surface area contributed by atoms with Gasteiger partial charge in [0.25, 0.3) is 0 Å². The second kappa shape index (κ2) is 10.1. The van der Waals surface area contributed by atoms with Crippen LogP contribution < -0.4 is 5.32 Å². The zero-order chi connectivity index (χ0) is 26.5. The fourth-order valence-corrected chi connectivity index (χ4v) is 9.38. The molecule has 1 amide bonds. The first-order valence-electron chi connectivity index (χ1n) is 15.1. The molecule has 0 spiro atoms. The number of fused-ring (bicyclic) bond motifs is 7. The maximum Gasteiger partial charge on any atom is 0.305 e. The summed E-state index contributed by atoms with van der Waals surface area (Å²) in [6.07, 6.45) is 13.5. The molecule has 0 saturated heterocycles. The molecule has 1 aliphatic heterocycles. The Kier molecular flexibility index (Phi) is 7.30. The van der Waals surface area contributed by atoms with Gasteiger partial charge in [0.05, 0.1) is 5.76 Å². The van der Waals surface area contributed by atoms with Crippen LogP contribution in [0.4, 0.5) is 0 Å². The van der Waals surface area contributed by atoms with Crippen LogP contribution in [0.25, 0.3) is 0 Å². The van der Waals surface area contributed by atoms with Gasteiger partial charge in [-0.3, -0.25) is 9.59 Å². The van der Waals surface area contributed by atoms with Gasteiger partial charge in [0.2, 0.25) is 5.91 Å². The monoisotopic (exact) mass is 511 g/mol. The number of esters is 1. The second-order valence-corrected chi connectivity index (χ2v) is 13.6. The van der Waals surface area contributed by atoms with Gasteiger partial charge in [0, 0.05) is 38.6 Å². The lowest BCUT2D eigenvalue weighted by atomic mass is 9.47. The Hall–Kier alpha value is -1.78. The highest BCUT2D eigenvalue weighted by molar-refractivity contribution is 5.72. The number of hydrogen-bond donors (Lipinski definition) is 1. The molecule has 7 unspecified atom stereocenters. The molecule has 0 aromatic rings. The standard InChI is InChI=1S/C32H49NO4/c1-7-29(35)36-23-12-14-31(5)22(16-23)9-10-24-25(31)13-15-32(6)26(24)17-28-30(32)20(3)27(37-28)11-8-19(2)18-33-21(4)34/h9,19,23-26,28,30H,7-8,10-18H2,1-6H3,(H,33,34)/t19?,23?,24?,25?,26?,28?,30?,31-,32-/m0/s1. The predicted octanol–water partition coefficient (Wildman–Crippen LogP) is 6.72. The molecule has 9 atom stereocenters. The van der Waals surface area contributed by atoms with Crippen LogP contribution in [0, 0.1) is 40.4 Å². The number of amides is 1. The quantitative estimate of drug-likeness (QED) is 0.304. The average molecular weight is 512 g/mol. The van der Waals surface area contributed by atoms with E-state index in [9.17, 15) is 9.59 Å². The van der Waals surface area contributed by atoms with Crippen LogP contribution in [-0.2, 0) is 19.1 Å². The molecule has 5 heteroatoms. The van der Waals surface area contributed by atoms with Gasteiger partial charge in [-0.2, -0.15) is 0 Å². The van der Waals surface area contributed by atoms with Crippen molar-refractivity contribution in [2.75, 3.05) is 6.54 Å². The van der Waals surface area contributed by atoms with E-state index in [1.807, 2.05) is 6.92 Å². The summed E-state index contributed by atoms with van der Waals surface area (Å²) in [6.45, 7) is 13.9. The van der Waals surface area contributed by atoms with Crippen LogP contribution in [0.15, 0.2) is 23.0 Å². The molecule has 0 aromatic carbocycles. The molecule has 5 rings (SSSR count). The number of nitrogens with one attached hydrogen (secondary N) is 1. The molecule has 4 aliphatic carbocycles. The summed E-state index contributed by atoms with van der Waals surface area (Å²) >= 11 is 0. The van der Waals surface area contributed by atoms with E-state index in [4.69, 9.17) is 9.47 Å². The Morgan fingerprint density at radius 1 is 1.22 bits per heavy atom. The summed E-state index contributed by atoms with van der Waals surface area (Å²) in [5.74, 6) is 4.45. The van der Waals surface area contributed by atoms with Crippen LogP contribution in [0.2, 0.25) is 0 Å². The Labute approximate surface area is 224 Å². The van der Waals surface area contributed by atoms with Crippen molar-refractivity contribution >= 4 is 11.9 Å². The van der Waals surface area contributed by atoms with Crippen molar-refractivity contribution in [3.8, 4) is 0 Å². The highest BCUT2D eigenvalue weighted by Crippen LogP contribution is 2.69. The summed E-state index contributed by atoms with van der Waals surface area (Å²) in [6, 6.07) is 0. The lowest BCUT2D eigenvalue weighted by molar-refractivity contribution is -0.151. The maximum atomic E-state index is 11.9. The lowest BCUT2D eigenvalue weighted by Crippen LogP contribution is -2.50. The number of allylic oxidation sites excluding steroid dienone is 2. The largest absolute Gasteiger partial charge is 0.494 e. The normalized spacial score (nSPS) is 41.0. The first-order chi connectivity index (χ1) is 17.6. The number of carbonyl (C=O) groups is 2. The van der Waals surface area contributed by atoms with Crippen LogP contribution in [0.5, 0.6) is 0 Å². The van der Waals surface area contributed by atoms with Gasteiger partial charge in [0.15, 0.2) is 0 Å². The van der Waals surface area contributed by atoms with Gasteiger partial charge in [-0.1, -0.05) is 39.3 Å². The van der Waals surface area contributed by atoms with E-state index in [1.54, 1.807) is 12.5 Å². The molecule has 5 nitrogen and oxygen atoms in total. The third-order valence-corrected chi connectivity index (χ3v) is 11.4. The van der Waals surface area contributed by atoms with E-state index in [0.29, 0.717) is 29.8 Å². The smallest absolute Gasteiger partial charge is 0.305 e. The Morgan fingerprint density at radius 3 is 2.73 bits per heavy atom. The zero-order valence-corrected chi connectivity index (χ0v) is 24.0. The molecule has 5 aliphatic rings. The van der Waals surface area contributed by atoms with Crippen molar-refractivity contribution in [1.29, 1.82) is 0 Å². The topological polar surface area (TPSA) is 64.6 Å². The fourth-order valence-electron chi connectivity index (χ4n) is 9.38. The highest BCUT2D eigenvalue weighted by Gasteiger charge is 2.63. The van der Waals surface area contributed by atoms with Crippen LogP contribution in [-0.4, -0.2) is 30.6 Å². The van der Waals surface area contributed by atoms with Crippen molar-refractivity contribution in [3.63, 3.8) is 0 Å². The predicted molar refractivity (Wildman–Crippen MR) is 145 cm³/mol. The molecule has 3 saturated carbocycles. The molecule has 1 heterocycles. The first kappa shape index (κ1) is 26.8. The minimum absolute atomic E-state index is 0.0509. The molecular formula is C32H49NO4. The van der Waals surface area contributed by atoms with Gasteiger partial charge in [-0.25, -0.2) is 0 Å². The van der Waals surface area contributed by atoms with Crippen molar-refractivity contribution in [2.45, 2.75) is 118 Å². The second-order valence-electron chi connectivity index (χ2n) is 13.6. The molecule has 0 bridgehead atoms. The number of ether oxygens (including phenoxy) is 2. The van der Waals surface area contributed by atoms with E-state index < -0.39 is 0 Å². The van der Waals surface area contributed by atoms with Crippen LogP contribution in [0.1, 0.15) is 106 Å². The van der Waals surface area contributed by atoms with Crippen molar-refractivity contribution in [3.05, 3.63) is 23.0 Å². The minimum Gasteiger partial charge on any atom is -0.494 e. The molecule has 0 radical (unpaired) electrons. The van der Waals surface area contributed by atoms with E-state index in [-0.39, 0.29) is 23.4 Å². The summed E-state index contributed by atoms with van der Waals surface area (Å²) in [5.41, 5.74) is 3.67. The Balaban J connectivity index is 1.28. The number of hydrogen-bond acceptors (Lipinski definition) is 4. The molecule has 3 fully saturated rings. The summed E-state index contributed by atoms with van der Waals surface area (Å²) in [5, 5.41) is 2.96. The molecule has 1 N–H and O–H groups in total. The number of rotatable bonds is 7. The third-order valence-electron chi connectivity index (χ3n) is 11.4. The number of carbonyl (C=O) groups excluding carboxylic acids is 2. The molecular weight excluding hydrogens is 462 g/mol. The van der Waals surface area contributed by atoms with Crippen molar-refractivity contribution in [1.82, 2.24) is 5.32 Å². The molecule has 206 valence electrons. The van der Waals surface area contributed by atoms with Gasteiger partial charge < -0.3 is 14.8 Å². The first-order valence-corrected chi connectivity index (χ1v) is 15.1. The van der Waals surface area contributed by atoms with E-state index in [0.717, 1.165) is 56.4 Å². The van der Waals surface area contributed by atoms with Crippen LogP contribution >= 0.6 is 0 Å². The minimum atomic E-state index is -0.0567. The highest BCUT2D eigenvalue weighted by atomic mass is 16.5. The summed E-state index contributed by atoms with van der Waals surface area (Å²) < 4.78 is 12.5. The van der Waals surface area contributed by atoms with Crippen molar-refractivity contribution in [2.24, 2.45) is 40.4 Å². The third kappa shape index (κ3) is 4.67. The van der Waals surface area contributed by atoms with Gasteiger partial charge in [-0.15, -0.1) is 0 Å². The average Bonchev–Trinajstić information content (AvgIpc) is 3.34. The van der Waals surface area contributed by atoms with Gasteiger partial charge in [0.1, 0.15) is 12.2 Å².